The number of carbonyl (C=O) groups is 1. The quantitative estimate of drug-likeness (QED) is 0.786. The number of carbonyl (C=O) groups excluding carboxylic acids is 1. The zero-order chi connectivity index (χ0) is 13.7. The molecule has 2 rings (SSSR count). The highest BCUT2D eigenvalue weighted by Gasteiger charge is 2.32. The fourth-order valence-corrected chi connectivity index (χ4v) is 2.96. The van der Waals surface area contributed by atoms with Crippen molar-refractivity contribution in [2.45, 2.75) is 44.7 Å². The van der Waals surface area contributed by atoms with Crippen LogP contribution in [-0.4, -0.2) is 67.2 Å². The van der Waals surface area contributed by atoms with Crippen molar-refractivity contribution in [1.29, 1.82) is 0 Å². The molecule has 0 bridgehead atoms. The largest absolute Gasteiger partial charge is 0.379 e. The molecule has 5 nitrogen and oxygen atoms in total. The van der Waals surface area contributed by atoms with Crippen LogP contribution in [0.25, 0.3) is 0 Å². The van der Waals surface area contributed by atoms with Crippen LogP contribution in [0.3, 0.4) is 0 Å². The lowest BCUT2D eigenvalue weighted by atomic mass is 10.1. The topological polar surface area (TPSA) is 58.8 Å². The average Bonchev–Trinajstić information content (AvgIpc) is 2.94. The van der Waals surface area contributed by atoms with Crippen molar-refractivity contribution < 1.29 is 9.53 Å². The molecule has 2 atom stereocenters. The summed E-state index contributed by atoms with van der Waals surface area (Å²) in [5.41, 5.74) is 5.98. The number of amides is 1. The van der Waals surface area contributed by atoms with E-state index in [1.807, 2.05) is 4.90 Å². The maximum absolute atomic E-state index is 12.2. The van der Waals surface area contributed by atoms with Gasteiger partial charge in [-0.05, 0) is 12.8 Å². The summed E-state index contributed by atoms with van der Waals surface area (Å²) in [6, 6.07) is 0.203. The van der Waals surface area contributed by atoms with Crippen LogP contribution in [-0.2, 0) is 9.53 Å². The molecule has 1 amide bonds. The zero-order valence-electron chi connectivity index (χ0n) is 12.0. The van der Waals surface area contributed by atoms with E-state index in [0.29, 0.717) is 6.04 Å². The molecule has 2 unspecified atom stereocenters. The maximum atomic E-state index is 12.2. The standard InChI is InChI=1S/C14H27N3O2/c1-2-3-4-13(15)14(18)17-6-5-12(11-17)16-7-9-19-10-8-16/h12-13H,2-11,15H2,1H3. The van der Waals surface area contributed by atoms with Crippen molar-refractivity contribution in [3.05, 3.63) is 0 Å². The summed E-state index contributed by atoms with van der Waals surface area (Å²) in [7, 11) is 0. The SMILES string of the molecule is CCCCC(N)C(=O)N1CCC(N2CCOCC2)C1. The second-order valence-corrected chi connectivity index (χ2v) is 5.62. The van der Waals surface area contributed by atoms with E-state index >= 15 is 0 Å². The van der Waals surface area contributed by atoms with E-state index in [4.69, 9.17) is 10.5 Å². The van der Waals surface area contributed by atoms with Crippen molar-refractivity contribution in [3.8, 4) is 0 Å². The molecule has 2 N–H and O–H groups in total. The Balaban J connectivity index is 1.78. The highest BCUT2D eigenvalue weighted by molar-refractivity contribution is 5.81. The minimum atomic E-state index is -0.302. The molecule has 0 spiro atoms. The van der Waals surface area contributed by atoms with Gasteiger partial charge in [-0.25, -0.2) is 0 Å². The first-order chi connectivity index (χ1) is 9.22. The highest BCUT2D eigenvalue weighted by atomic mass is 16.5. The van der Waals surface area contributed by atoms with E-state index in [2.05, 4.69) is 11.8 Å². The first-order valence-electron chi connectivity index (χ1n) is 7.58. The minimum absolute atomic E-state index is 0.143. The second kappa shape index (κ2) is 7.22. The van der Waals surface area contributed by atoms with E-state index in [1.165, 1.54) is 0 Å². The molecular weight excluding hydrogens is 242 g/mol. The third kappa shape index (κ3) is 3.91. The van der Waals surface area contributed by atoms with E-state index in [0.717, 1.165) is 65.1 Å². The Kier molecular flexibility index (Phi) is 5.60. The van der Waals surface area contributed by atoms with Gasteiger partial charge in [-0.1, -0.05) is 19.8 Å². The Morgan fingerprint density at radius 1 is 1.37 bits per heavy atom. The van der Waals surface area contributed by atoms with Crippen LogP contribution in [0.15, 0.2) is 0 Å². The highest BCUT2D eigenvalue weighted by Crippen LogP contribution is 2.18. The Labute approximate surface area is 116 Å². The van der Waals surface area contributed by atoms with Gasteiger partial charge >= 0.3 is 0 Å². The Hall–Kier alpha value is -0.650. The van der Waals surface area contributed by atoms with Gasteiger partial charge < -0.3 is 15.4 Å². The smallest absolute Gasteiger partial charge is 0.239 e. The summed E-state index contributed by atoms with van der Waals surface area (Å²) in [6.45, 7) is 7.46. The number of likely N-dealkylation sites (tertiary alicyclic amines) is 1. The molecule has 2 fully saturated rings. The molecule has 110 valence electrons. The molecular formula is C14H27N3O2. The van der Waals surface area contributed by atoms with Crippen LogP contribution in [0.2, 0.25) is 0 Å². The van der Waals surface area contributed by atoms with Gasteiger partial charge in [0, 0.05) is 32.2 Å². The number of unbranched alkanes of at least 4 members (excludes halogenated alkanes) is 1. The number of nitrogens with zero attached hydrogens (tertiary/aromatic N) is 2. The van der Waals surface area contributed by atoms with Crippen LogP contribution in [0.5, 0.6) is 0 Å². The van der Waals surface area contributed by atoms with Crippen molar-refractivity contribution in [1.82, 2.24) is 9.80 Å². The summed E-state index contributed by atoms with van der Waals surface area (Å²) in [4.78, 5) is 16.6. The monoisotopic (exact) mass is 269 g/mol. The van der Waals surface area contributed by atoms with Crippen molar-refractivity contribution >= 4 is 5.91 Å². The van der Waals surface area contributed by atoms with Gasteiger partial charge in [0.1, 0.15) is 0 Å². The summed E-state index contributed by atoms with van der Waals surface area (Å²) in [6.07, 6.45) is 4.02. The van der Waals surface area contributed by atoms with Gasteiger partial charge in [0.05, 0.1) is 19.3 Å². The average molecular weight is 269 g/mol. The van der Waals surface area contributed by atoms with E-state index in [-0.39, 0.29) is 11.9 Å². The normalized spacial score (nSPS) is 26.6. The van der Waals surface area contributed by atoms with Gasteiger partial charge in [0.2, 0.25) is 5.91 Å². The van der Waals surface area contributed by atoms with Gasteiger partial charge in [0.15, 0.2) is 0 Å². The molecule has 2 aliphatic rings. The second-order valence-electron chi connectivity index (χ2n) is 5.62. The zero-order valence-corrected chi connectivity index (χ0v) is 12.0. The fourth-order valence-electron chi connectivity index (χ4n) is 2.96. The van der Waals surface area contributed by atoms with Crippen LogP contribution in [0.4, 0.5) is 0 Å². The first-order valence-corrected chi connectivity index (χ1v) is 7.58. The first kappa shape index (κ1) is 14.8. The summed E-state index contributed by atoms with van der Waals surface area (Å²) >= 11 is 0. The number of ether oxygens (including phenoxy) is 1. The lowest BCUT2D eigenvalue weighted by molar-refractivity contribution is -0.132. The van der Waals surface area contributed by atoms with Crippen LogP contribution in [0, 0.1) is 0 Å². The predicted octanol–water partition coefficient (Wildman–Crippen LogP) is 0.437. The minimum Gasteiger partial charge on any atom is -0.379 e. The van der Waals surface area contributed by atoms with E-state index in [9.17, 15) is 4.79 Å². The fraction of sp³-hybridized carbons (Fsp3) is 0.929. The Morgan fingerprint density at radius 2 is 2.11 bits per heavy atom. The van der Waals surface area contributed by atoms with E-state index in [1.54, 1.807) is 0 Å². The molecule has 0 aromatic heterocycles. The summed E-state index contributed by atoms with van der Waals surface area (Å²) < 4.78 is 5.37. The predicted molar refractivity (Wildman–Crippen MR) is 74.9 cm³/mol. The Morgan fingerprint density at radius 3 is 2.79 bits per heavy atom. The summed E-state index contributed by atoms with van der Waals surface area (Å²) in [5.74, 6) is 0.143. The van der Waals surface area contributed by atoms with Gasteiger partial charge in [-0.15, -0.1) is 0 Å². The number of morpholine rings is 1. The number of hydrogen-bond acceptors (Lipinski definition) is 4. The van der Waals surface area contributed by atoms with Crippen molar-refractivity contribution in [2.24, 2.45) is 5.73 Å². The molecule has 0 radical (unpaired) electrons. The number of hydrogen-bond donors (Lipinski definition) is 1. The third-order valence-corrected chi connectivity index (χ3v) is 4.22. The number of rotatable bonds is 5. The Bertz CT molecular complexity index is 292. The molecule has 5 heteroatoms. The molecule has 0 aromatic rings. The summed E-state index contributed by atoms with van der Waals surface area (Å²) in [5, 5.41) is 0. The maximum Gasteiger partial charge on any atom is 0.239 e. The van der Waals surface area contributed by atoms with Crippen molar-refractivity contribution in [3.63, 3.8) is 0 Å². The molecule has 0 saturated carbocycles. The molecule has 2 aliphatic heterocycles. The molecule has 19 heavy (non-hydrogen) atoms. The lowest BCUT2D eigenvalue weighted by Gasteiger charge is -2.32. The van der Waals surface area contributed by atoms with Gasteiger partial charge in [-0.3, -0.25) is 9.69 Å². The van der Waals surface area contributed by atoms with E-state index < -0.39 is 0 Å². The molecule has 2 saturated heterocycles. The van der Waals surface area contributed by atoms with Gasteiger partial charge in [0.25, 0.3) is 0 Å². The molecule has 0 aliphatic carbocycles. The molecule has 2 heterocycles. The van der Waals surface area contributed by atoms with Crippen LogP contribution < -0.4 is 5.73 Å². The van der Waals surface area contributed by atoms with Gasteiger partial charge in [-0.2, -0.15) is 0 Å². The number of nitrogens with two attached hydrogens (primary N) is 1. The van der Waals surface area contributed by atoms with Crippen LogP contribution >= 0.6 is 0 Å². The third-order valence-electron chi connectivity index (χ3n) is 4.22. The molecule has 0 aromatic carbocycles. The lowest BCUT2D eigenvalue weighted by Crippen LogP contribution is -2.47. The van der Waals surface area contributed by atoms with Crippen molar-refractivity contribution in [2.75, 3.05) is 39.4 Å². The van der Waals surface area contributed by atoms with Crippen LogP contribution in [0.1, 0.15) is 32.6 Å².